The van der Waals surface area contributed by atoms with E-state index in [9.17, 15) is 0 Å². The van der Waals surface area contributed by atoms with E-state index in [2.05, 4.69) is 50.0 Å². The molecule has 0 radical (unpaired) electrons. The van der Waals surface area contributed by atoms with Gasteiger partial charge in [-0.3, -0.25) is 0 Å². The van der Waals surface area contributed by atoms with E-state index < -0.39 is 0 Å². The normalized spacial score (nSPS) is 12.4. The van der Waals surface area contributed by atoms with Crippen molar-refractivity contribution in [3.05, 3.63) is 48.0 Å². The van der Waals surface area contributed by atoms with Gasteiger partial charge in [0.2, 0.25) is 0 Å². The van der Waals surface area contributed by atoms with Crippen LogP contribution in [0.1, 0.15) is 30.9 Å². The molecule has 0 aliphatic heterocycles. The van der Waals surface area contributed by atoms with Gasteiger partial charge in [0, 0.05) is 6.04 Å². The van der Waals surface area contributed by atoms with Gasteiger partial charge in [0.05, 0.1) is 0 Å². The van der Waals surface area contributed by atoms with Crippen molar-refractivity contribution in [2.45, 2.75) is 39.2 Å². The largest absolute Gasteiger partial charge is 0.311 e. The standard InChI is InChI=1S/C15H23N/c1-4-12-16-15(5-2)11-10-14-8-6-13(3)7-9-14/h5-9,15-16H,2,4,10-12H2,1,3H3. The van der Waals surface area contributed by atoms with Crippen molar-refractivity contribution in [3.63, 3.8) is 0 Å². The van der Waals surface area contributed by atoms with Gasteiger partial charge in [-0.25, -0.2) is 0 Å². The first-order valence-electron chi connectivity index (χ1n) is 6.17. The van der Waals surface area contributed by atoms with E-state index in [-0.39, 0.29) is 0 Å². The molecule has 0 bridgehead atoms. The predicted octanol–water partition coefficient (Wildman–Crippen LogP) is 3.48. The van der Waals surface area contributed by atoms with Crippen LogP contribution in [0.25, 0.3) is 0 Å². The first-order valence-corrected chi connectivity index (χ1v) is 6.17. The molecule has 0 aliphatic carbocycles. The van der Waals surface area contributed by atoms with Crippen molar-refractivity contribution < 1.29 is 0 Å². The fraction of sp³-hybridized carbons (Fsp3) is 0.467. The maximum Gasteiger partial charge on any atom is 0.0250 e. The molecule has 1 rings (SSSR count). The fourth-order valence-corrected chi connectivity index (χ4v) is 1.71. The van der Waals surface area contributed by atoms with Crippen LogP contribution in [0.3, 0.4) is 0 Å². The van der Waals surface area contributed by atoms with Crippen molar-refractivity contribution in [2.75, 3.05) is 6.54 Å². The Labute approximate surface area is 99.6 Å². The molecule has 0 aliphatic rings. The maximum atomic E-state index is 3.88. The minimum atomic E-state index is 0.446. The van der Waals surface area contributed by atoms with Gasteiger partial charge in [-0.1, -0.05) is 42.8 Å². The third-order valence-electron chi connectivity index (χ3n) is 2.81. The molecule has 88 valence electrons. The average molecular weight is 217 g/mol. The lowest BCUT2D eigenvalue weighted by molar-refractivity contribution is 0.554. The van der Waals surface area contributed by atoms with Crippen molar-refractivity contribution in [3.8, 4) is 0 Å². The number of aryl methyl sites for hydroxylation is 2. The van der Waals surface area contributed by atoms with Crippen LogP contribution in [-0.4, -0.2) is 12.6 Å². The highest BCUT2D eigenvalue weighted by molar-refractivity contribution is 5.21. The topological polar surface area (TPSA) is 12.0 Å². The Morgan fingerprint density at radius 1 is 1.31 bits per heavy atom. The number of nitrogens with one attached hydrogen (secondary N) is 1. The van der Waals surface area contributed by atoms with Crippen molar-refractivity contribution in [2.24, 2.45) is 0 Å². The van der Waals surface area contributed by atoms with Crippen LogP contribution in [0.4, 0.5) is 0 Å². The van der Waals surface area contributed by atoms with E-state index in [4.69, 9.17) is 0 Å². The molecular formula is C15H23N. The van der Waals surface area contributed by atoms with Gasteiger partial charge in [0.1, 0.15) is 0 Å². The van der Waals surface area contributed by atoms with Gasteiger partial charge >= 0.3 is 0 Å². The summed E-state index contributed by atoms with van der Waals surface area (Å²) in [4.78, 5) is 0. The van der Waals surface area contributed by atoms with Gasteiger partial charge in [0.25, 0.3) is 0 Å². The zero-order valence-corrected chi connectivity index (χ0v) is 10.5. The highest BCUT2D eigenvalue weighted by atomic mass is 14.9. The maximum absolute atomic E-state index is 3.88. The van der Waals surface area contributed by atoms with Crippen LogP contribution >= 0.6 is 0 Å². The predicted molar refractivity (Wildman–Crippen MR) is 71.8 cm³/mol. The highest BCUT2D eigenvalue weighted by Gasteiger charge is 2.02. The van der Waals surface area contributed by atoms with Crippen molar-refractivity contribution >= 4 is 0 Å². The van der Waals surface area contributed by atoms with E-state index >= 15 is 0 Å². The SMILES string of the molecule is C=CC(CCc1ccc(C)cc1)NCCC. The molecule has 1 N–H and O–H groups in total. The van der Waals surface area contributed by atoms with E-state index in [0.717, 1.165) is 19.4 Å². The summed E-state index contributed by atoms with van der Waals surface area (Å²) < 4.78 is 0. The molecule has 1 unspecified atom stereocenters. The average Bonchev–Trinajstić information content (AvgIpc) is 2.32. The quantitative estimate of drug-likeness (QED) is 0.689. The Kier molecular flexibility index (Phi) is 5.87. The first-order chi connectivity index (χ1) is 7.76. The first kappa shape index (κ1) is 13.0. The molecular weight excluding hydrogens is 194 g/mol. The van der Waals surface area contributed by atoms with E-state index in [1.807, 2.05) is 6.08 Å². The third-order valence-corrected chi connectivity index (χ3v) is 2.81. The Bertz CT molecular complexity index is 300. The lowest BCUT2D eigenvalue weighted by Crippen LogP contribution is -2.28. The zero-order chi connectivity index (χ0) is 11.8. The van der Waals surface area contributed by atoms with Crippen LogP contribution in [0.2, 0.25) is 0 Å². The van der Waals surface area contributed by atoms with Crippen LogP contribution in [0, 0.1) is 6.92 Å². The summed E-state index contributed by atoms with van der Waals surface area (Å²) in [6.07, 6.45) is 5.44. The number of hydrogen-bond donors (Lipinski definition) is 1. The summed E-state index contributed by atoms with van der Waals surface area (Å²) in [7, 11) is 0. The van der Waals surface area contributed by atoms with Crippen molar-refractivity contribution in [1.82, 2.24) is 5.32 Å². The van der Waals surface area contributed by atoms with Crippen LogP contribution in [0.5, 0.6) is 0 Å². The summed E-state index contributed by atoms with van der Waals surface area (Å²) in [5.41, 5.74) is 2.74. The fourth-order valence-electron chi connectivity index (χ4n) is 1.71. The number of hydrogen-bond acceptors (Lipinski definition) is 1. The second-order valence-electron chi connectivity index (χ2n) is 4.32. The van der Waals surface area contributed by atoms with Crippen molar-refractivity contribution in [1.29, 1.82) is 0 Å². The summed E-state index contributed by atoms with van der Waals surface area (Å²) in [6, 6.07) is 9.24. The number of benzene rings is 1. The highest BCUT2D eigenvalue weighted by Crippen LogP contribution is 2.07. The van der Waals surface area contributed by atoms with Gasteiger partial charge in [-0.05, 0) is 38.3 Å². The Hall–Kier alpha value is -1.08. The molecule has 16 heavy (non-hydrogen) atoms. The van der Waals surface area contributed by atoms with E-state index in [1.165, 1.54) is 17.5 Å². The van der Waals surface area contributed by atoms with E-state index in [1.54, 1.807) is 0 Å². The van der Waals surface area contributed by atoms with Gasteiger partial charge in [-0.2, -0.15) is 0 Å². The molecule has 0 amide bonds. The molecule has 0 fully saturated rings. The summed E-state index contributed by atoms with van der Waals surface area (Å²) in [5.74, 6) is 0. The molecule has 1 aromatic rings. The molecule has 0 aromatic heterocycles. The molecule has 0 heterocycles. The Balaban J connectivity index is 2.37. The third kappa shape index (κ3) is 4.63. The van der Waals surface area contributed by atoms with Crippen LogP contribution < -0.4 is 5.32 Å². The minimum absolute atomic E-state index is 0.446. The second-order valence-corrected chi connectivity index (χ2v) is 4.32. The molecule has 0 saturated carbocycles. The summed E-state index contributed by atoms with van der Waals surface area (Å²) >= 11 is 0. The molecule has 0 spiro atoms. The molecule has 1 nitrogen and oxygen atoms in total. The molecule has 1 aromatic carbocycles. The van der Waals surface area contributed by atoms with Crippen LogP contribution in [0.15, 0.2) is 36.9 Å². The lowest BCUT2D eigenvalue weighted by atomic mass is 10.0. The smallest absolute Gasteiger partial charge is 0.0250 e. The van der Waals surface area contributed by atoms with Crippen LogP contribution in [-0.2, 0) is 6.42 Å². The lowest BCUT2D eigenvalue weighted by Gasteiger charge is -2.13. The Morgan fingerprint density at radius 3 is 2.56 bits per heavy atom. The second kappa shape index (κ2) is 7.24. The molecule has 1 heteroatoms. The number of rotatable bonds is 7. The Morgan fingerprint density at radius 2 is 2.00 bits per heavy atom. The molecule has 0 saturated heterocycles. The van der Waals surface area contributed by atoms with E-state index in [0.29, 0.717) is 6.04 Å². The van der Waals surface area contributed by atoms with Gasteiger partial charge in [-0.15, -0.1) is 6.58 Å². The summed E-state index contributed by atoms with van der Waals surface area (Å²) in [5, 5.41) is 3.48. The molecule has 1 atom stereocenters. The summed E-state index contributed by atoms with van der Waals surface area (Å²) in [6.45, 7) is 9.26. The zero-order valence-electron chi connectivity index (χ0n) is 10.5. The van der Waals surface area contributed by atoms with Gasteiger partial charge < -0.3 is 5.32 Å². The minimum Gasteiger partial charge on any atom is -0.311 e. The van der Waals surface area contributed by atoms with Gasteiger partial charge in [0.15, 0.2) is 0 Å². The monoisotopic (exact) mass is 217 g/mol.